The second-order valence-corrected chi connectivity index (χ2v) is 2.00. The molecule has 0 atom stereocenters. The number of aliphatic hydroxyl groups excluding tert-OH is 1. The Morgan fingerprint density at radius 3 is 1.33 bits per heavy atom. The van der Waals surface area contributed by atoms with Crippen LogP contribution in [-0.4, -0.2) is 17.0 Å². The Labute approximate surface area is 56.7 Å². The SMILES string of the molecule is CC(C)=O.CC(C)O.N. The van der Waals surface area contributed by atoms with Gasteiger partial charge in [-0.05, 0) is 27.7 Å². The quantitative estimate of drug-likeness (QED) is 0.523. The number of hydrogen-bond acceptors (Lipinski definition) is 3. The summed E-state index contributed by atoms with van der Waals surface area (Å²) < 4.78 is 0. The highest BCUT2D eigenvalue weighted by atomic mass is 16.3. The lowest BCUT2D eigenvalue weighted by Gasteiger charge is -1.80. The van der Waals surface area contributed by atoms with Gasteiger partial charge in [0.05, 0.1) is 0 Å². The van der Waals surface area contributed by atoms with Gasteiger partial charge in [-0.3, -0.25) is 0 Å². The van der Waals surface area contributed by atoms with E-state index >= 15 is 0 Å². The number of ketones is 1. The van der Waals surface area contributed by atoms with Crippen molar-refractivity contribution in [1.29, 1.82) is 0 Å². The van der Waals surface area contributed by atoms with Gasteiger partial charge in [-0.25, -0.2) is 0 Å². The normalized spacial score (nSPS) is 6.89. The van der Waals surface area contributed by atoms with E-state index in [0.29, 0.717) is 0 Å². The van der Waals surface area contributed by atoms with E-state index in [1.165, 1.54) is 13.8 Å². The molecule has 0 aromatic rings. The summed E-state index contributed by atoms with van der Waals surface area (Å²) >= 11 is 0. The Kier molecular flexibility index (Phi) is 18.6. The van der Waals surface area contributed by atoms with E-state index < -0.39 is 0 Å². The van der Waals surface area contributed by atoms with Gasteiger partial charge in [0.1, 0.15) is 5.78 Å². The van der Waals surface area contributed by atoms with Gasteiger partial charge in [0.2, 0.25) is 0 Å². The van der Waals surface area contributed by atoms with Gasteiger partial charge in [-0.15, -0.1) is 0 Å². The van der Waals surface area contributed by atoms with Crippen LogP contribution >= 0.6 is 0 Å². The summed E-state index contributed by atoms with van der Waals surface area (Å²) in [5, 5.41) is 8.06. The van der Waals surface area contributed by atoms with Gasteiger partial charge < -0.3 is 16.1 Å². The van der Waals surface area contributed by atoms with Crippen LogP contribution in [0.2, 0.25) is 0 Å². The highest BCUT2D eigenvalue weighted by Crippen LogP contribution is 1.65. The molecule has 0 aromatic heterocycles. The molecule has 3 nitrogen and oxygen atoms in total. The van der Waals surface area contributed by atoms with Crippen molar-refractivity contribution in [3.05, 3.63) is 0 Å². The van der Waals surface area contributed by atoms with Gasteiger partial charge in [0.25, 0.3) is 0 Å². The Morgan fingerprint density at radius 1 is 1.33 bits per heavy atom. The van der Waals surface area contributed by atoms with Crippen LogP contribution in [0.3, 0.4) is 0 Å². The van der Waals surface area contributed by atoms with Crippen molar-refractivity contribution < 1.29 is 9.90 Å². The van der Waals surface area contributed by atoms with E-state index in [1.807, 2.05) is 0 Å². The van der Waals surface area contributed by atoms with Crippen LogP contribution in [0.5, 0.6) is 0 Å². The Hall–Kier alpha value is -0.410. The van der Waals surface area contributed by atoms with E-state index in [4.69, 9.17) is 5.11 Å². The van der Waals surface area contributed by atoms with Crippen LogP contribution in [-0.2, 0) is 4.79 Å². The lowest BCUT2D eigenvalue weighted by molar-refractivity contribution is -0.114. The molecule has 9 heavy (non-hydrogen) atoms. The molecule has 0 aliphatic heterocycles. The molecule has 0 radical (unpaired) electrons. The molecule has 0 fully saturated rings. The number of carbonyl (C=O) groups excluding carboxylic acids is 1. The van der Waals surface area contributed by atoms with Crippen molar-refractivity contribution >= 4 is 5.78 Å². The first-order valence-electron chi connectivity index (χ1n) is 2.62. The summed E-state index contributed by atoms with van der Waals surface area (Å²) in [5.41, 5.74) is 0. The van der Waals surface area contributed by atoms with Crippen molar-refractivity contribution in [2.75, 3.05) is 0 Å². The minimum absolute atomic E-state index is 0. The van der Waals surface area contributed by atoms with E-state index in [-0.39, 0.29) is 18.0 Å². The Morgan fingerprint density at radius 2 is 1.33 bits per heavy atom. The zero-order chi connectivity index (χ0) is 7.15. The van der Waals surface area contributed by atoms with Crippen molar-refractivity contribution in [3.8, 4) is 0 Å². The molecule has 0 rings (SSSR count). The van der Waals surface area contributed by atoms with Gasteiger partial charge >= 0.3 is 0 Å². The molecule has 0 saturated carbocycles. The second-order valence-electron chi connectivity index (χ2n) is 2.00. The fraction of sp³-hybridized carbons (Fsp3) is 0.833. The zero-order valence-electron chi connectivity index (χ0n) is 6.64. The number of rotatable bonds is 0. The number of Topliss-reactive ketones (excluding diaryl/α,β-unsaturated/α-hetero) is 1. The molecule has 0 saturated heterocycles. The maximum Gasteiger partial charge on any atom is 0.126 e. The predicted octanol–water partition coefficient (Wildman–Crippen LogP) is 1.14. The third kappa shape index (κ3) is 1410. The molecular weight excluding hydrogens is 118 g/mol. The molecule has 0 bridgehead atoms. The van der Waals surface area contributed by atoms with Gasteiger partial charge in [-0.2, -0.15) is 0 Å². The molecular formula is C6H17NO2. The summed E-state index contributed by atoms with van der Waals surface area (Å²) in [5.74, 6) is 0.167. The third-order valence-electron chi connectivity index (χ3n) is 0. The van der Waals surface area contributed by atoms with Crippen molar-refractivity contribution in [3.63, 3.8) is 0 Å². The van der Waals surface area contributed by atoms with Crippen molar-refractivity contribution in [2.24, 2.45) is 0 Å². The topological polar surface area (TPSA) is 72.3 Å². The Bertz CT molecular complexity index is 55.3. The molecule has 0 amide bonds. The predicted molar refractivity (Wildman–Crippen MR) is 38.7 cm³/mol. The average Bonchev–Trinajstić information content (AvgIpc) is 1.25. The van der Waals surface area contributed by atoms with Crippen LogP contribution in [0.15, 0.2) is 0 Å². The fourth-order valence-corrected chi connectivity index (χ4v) is 0. The van der Waals surface area contributed by atoms with E-state index in [0.717, 1.165) is 0 Å². The summed E-state index contributed by atoms with van der Waals surface area (Å²) in [6, 6.07) is 0. The average molecular weight is 135 g/mol. The minimum atomic E-state index is -0.167. The first-order valence-corrected chi connectivity index (χ1v) is 2.62. The molecule has 58 valence electrons. The van der Waals surface area contributed by atoms with Gasteiger partial charge in [-0.1, -0.05) is 0 Å². The maximum atomic E-state index is 9.44. The van der Waals surface area contributed by atoms with E-state index in [2.05, 4.69) is 0 Å². The number of carbonyl (C=O) groups is 1. The Balaban J connectivity index is -0.0000000720. The molecule has 0 unspecified atom stereocenters. The van der Waals surface area contributed by atoms with Crippen LogP contribution < -0.4 is 6.15 Å². The second kappa shape index (κ2) is 10.5. The van der Waals surface area contributed by atoms with Crippen LogP contribution in [0, 0.1) is 0 Å². The van der Waals surface area contributed by atoms with Crippen LogP contribution in [0.4, 0.5) is 0 Å². The standard InChI is InChI=1S/C3H8O.C3H6O.H3N/c2*1-3(2)4;/h3-4H,1-2H3;1-2H3;1H3. The number of aliphatic hydroxyl groups is 1. The van der Waals surface area contributed by atoms with Crippen LogP contribution in [0.25, 0.3) is 0 Å². The lowest BCUT2D eigenvalue weighted by atomic mass is 10.5. The van der Waals surface area contributed by atoms with E-state index in [1.54, 1.807) is 13.8 Å². The lowest BCUT2D eigenvalue weighted by Crippen LogP contribution is -1.85. The maximum absolute atomic E-state index is 9.44. The highest BCUT2D eigenvalue weighted by molar-refractivity contribution is 5.72. The summed E-state index contributed by atoms with van der Waals surface area (Å²) in [4.78, 5) is 9.44. The van der Waals surface area contributed by atoms with E-state index in [9.17, 15) is 4.79 Å². The zero-order valence-corrected chi connectivity index (χ0v) is 6.64. The number of hydrogen-bond donors (Lipinski definition) is 2. The molecule has 0 aliphatic rings. The summed E-state index contributed by atoms with van der Waals surface area (Å²) in [7, 11) is 0. The molecule has 0 heterocycles. The molecule has 4 N–H and O–H groups in total. The first kappa shape index (κ1) is 15.8. The van der Waals surface area contributed by atoms with Gasteiger partial charge in [0, 0.05) is 6.10 Å². The molecule has 0 aromatic carbocycles. The first-order chi connectivity index (χ1) is 3.46. The summed E-state index contributed by atoms with van der Waals surface area (Å²) in [6.07, 6.45) is -0.167. The monoisotopic (exact) mass is 135 g/mol. The smallest absolute Gasteiger partial charge is 0.126 e. The minimum Gasteiger partial charge on any atom is -0.394 e. The van der Waals surface area contributed by atoms with Crippen molar-refractivity contribution in [1.82, 2.24) is 6.15 Å². The molecule has 0 aliphatic carbocycles. The summed E-state index contributed by atoms with van der Waals surface area (Å²) in [6.45, 7) is 6.50. The largest absolute Gasteiger partial charge is 0.394 e. The van der Waals surface area contributed by atoms with Crippen LogP contribution in [0.1, 0.15) is 27.7 Å². The highest BCUT2D eigenvalue weighted by Gasteiger charge is 1.69. The third-order valence-corrected chi connectivity index (χ3v) is 0. The molecule has 0 spiro atoms. The van der Waals surface area contributed by atoms with Crippen molar-refractivity contribution in [2.45, 2.75) is 33.8 Å². The fourth-order valence-electron chi connectivity index (χ4n) is 0. The van der Waals surface area contributed by atoms with Gasteiger partial charge in [0.15, 0.2) is 0 Å². The molecule has 3 heteroatoms.